The zero-order valence-corrected chi connectivity index (χ0v) is 17.9. The van der Waals surface area contributed by atoms with Gasteiger partial charge in [-0.05, 0) is 37.8 Å². The molecule has 10 heteroatoms. The Labute approximate surface area is 170 Å². The van der Waals surface area contributed by atoms with Crippen LogP contribution in [0.3, 0.4) is 0 Å². The molecule has 0 atom stereocenters. The van der Waals surface area contributed by atoms with Gasteiger partial charge in [-0.25, -0.2) is 13.1 Å². The van der Waals surface area contributed by atoms with E-state index in [4.69, 9.17) is 4.74 Å². The van der Waals surface area contributed by atoms with Crippen molar-refractivity contribution >= 4 is 27.7 Å². The van der Waals surface area contributed by atoms with Crippen molar-refractivity contribution in [3.8, 4) is 11.4 Å². The first-order chi connectivity index (χ1) is 13.5. The quantitative estimate of drug-likeness (QED) is 0.487. The minimum atomic E-state index is -3.16. The van der Waals surface area contributed by atoms with Crippen LogP contribution < -0.4 is 14.4 Å². The van der Waals surface area contributed by atoms with Crippen molar-refractivity contribution in [3.63, 3.8) is 0 Å². The number of piperidine rings is 1. The number of methoxy groups -OCH3 is 1. The molecule has 0 saturated carbocycles. The minimum Gasteiger partial charge on any atom is -0.495 e. The standard InChI is InChI=1S/C18H27N5O3S2/c1-26-16-10-5-4-9-15(16)23-17(22-12-6-3-7-13-22)20-21-18(23)27-14-8-11-19-28(2,24)25/h4-5,9-10,19H,3,6-8,11-14H2,1-2H3. The zero-order chi connectivity index (χ0) is 20.0. The number of anilines is 1. The Hall–Kier alpha value is -1.78. The first-order valence-electron chi connectivity index (χ1n) is 9.41. The van der Waals surface area contributed by atoms with Crippen LogP contribution in [-0.4, -0.2) is 61.9 Å². The maximum Gasteiger partial charge on any atom is 0.232 e. The Morgan fingerprint density at radius 2 is 1.93 bits per heavy atom. The number of aromatic nitrogens is 3. The molecule has 0 amide bonds. The maximum atomic E-state index is 11.2. The molecule has 154 valence electrons. The van der Waals surface area contributed by atoms with Crippen LogP contribution in [0, 0.1) is 0 Å². The lowest BCUT2D eigenvalue weighted by Gasteiger charge is -2.28. The second-order valence-electron chi connectivity index (χ2n) is 6.71. The minimum absolute atomic E-state index is 0.410. The number of rotatable bonds is 9. The summed E-state index contributed by atoms with van der Waals surface area (Å²) in [5, 5.41) is 9.69. The third kappa shape index (κ3) is 5.39. The fourth-order valence-corrected chi connectivity index (χ4v) is 4.57. The van der Waals surface area contributed by atoms with Crippen LogP contribution in [0.25, 0.3) is 5.69 Å². The van der Waals surface area contributed by atoms with Gasteiger partial charge in [0.1, 0.15) is 5.75 Å². The number of nitrogens with one attached hydrogen (secondary N) is 1. The van der Waals surface area contributed by atoms with E-state index in [2.05, 4.69) is 24.4 Å². The molecule has 0 radical (unpaired) electrons. The van der Waals surface area contributed by atoms with E-state index in [9.17, 15) is 8.42 Å². The van der Waals surface area contributed by atoms with Crippen molar-refractivity contribution in [2.45, 2.75) is 30.8 Å². The SMILES string of the molecule is COc1ccccc1-n1c(SCCCNS(C)(=O)=O)nnc1N1CCCCC1. The summed E-state index contributed by atoms with van der Waals surface area (Å²) in [7, 11) is -1.50. The largest absolute Gasteiger partial charge is 0.495 e. The predicted octanol–water partition coefficient (Wildman–Crippen LogP) is 2.30. The van der Waals surface area contributed by atoms with Crippen molar-refractivity contribution in [2.24, 2.45) is 0 Å². The number of hydrogen-bond acceptors (Lipinski definition) is 7. The second kappa shape index (κ2) is 9.62. The molecule has 1 N–H and O–H groups in total. The van der Waals surface area contributed by atoms with Gasteiger partial charge in [0.2, 0.25) is 16.0 Å². The van der Waals surface area contributed by atoms with Crippen LogP contribution in [0.4, 0.5) is 5.95 Å². The van der Waals surface area contributed by atoms with Crippen molar-refractivity contribution in [1.82, 2.24) is 19.5 Å². The van der Waals surface area contributed by atoms with Gasteiger partial charge in [-0.1, -0.05) is 23.9 Å². The molecule has 1 fully saturated rings. The molecule has 0 aliphatic carbocycles. The van der Waals surface area contributed by atoms with E-state index >= 15 is 0 Å². The van der Waals surface area contributed by atoms with Crippen molar-refractivity contribution in [1.29, 1.82) is 0 Å². The van der Waals surface area contributed by atoms with Crippen LogP contribution >= 0.6 is 11.8 Å². The van der Waals surface area contributed by atoms with Gasteiger partial charge >= 0.3 is 0 Å². The van der Waals surface area contributed by atoms with Gasteiger partial charge in [0.15, 0.2) is 5.16 Å². The first-order valence-corrected chi connectivity index (χ1v) is 12.3. The summed E-state index contributed by atoms with van der Waals surface area (Å²) in [5.41, 5.74) is 0.910. The predicted molar refractivity (Wildman–Crippen MR) is 112 cm³/mol. The molecule has 1 aliphatic heterocycles. The number of ether oxygens (including phenoxy) is 1. The summed E-state index contributed by atoms with van der Waals surface area (Å²) in [4.78, 5) is 2.28. The van der Waals surface area contributed by atoms with Crippen LogP contribution in [0.5, 0.6) is 5.75 Å². The normalized spacial score (nSPS) is 15.0. The lowest BCUT2D eigenvalue weighted by molar-refractivity contribution is 0.412. The van der Waals surface area contributed by atoms with Gasteiger partial charge in [-0.2, -0.15) is 0 Å². The summed E-state index contributed by atoms with van der Waals surface area (Å²) < 4.78 is 32.5. The van der Waals surface area contributed by atoms with Crippen LogP contribution in [0.2, 0.25) is 0 Å². The van der Waals surface area contributed by atoms with Gasteiger partial charge in [0, 0.05) is 25.4 Å². The summed E-state index contributed by atoms with van der Waals surface area (Å²) in [6, 6.07) is 7.85. The molecule has 0 bridgehead atoms. The molecule has 0 unspecified atom stereocenters. The highest BCUT2D eigenvalue weighted by atomic mass is 32.2. The molecule has 1 saturated heterocycles. The molecule has 8 nitrogen and oxygen atoms in total. The van der Waals surface area contributed by atoms with Crippen LogP contribution in [0.1, 0.15) is 25.7 Å². The maximum absolute atomic E-state index is 11.2. The van der Waals surface area contributed by atoms with E-state index in [0.29, 0.717) is 13.0 Å². The topological polar surface area (TPSA) is 89.3 Å². The Balaban J connectivity index is 1.82. The van der Waals surface area contributed by atoms with Crippen LogP contribution in [0.15, 0.2) is 29.4 Å². The molecule has 1 aromatic carbocycles. The Morgan fingerprint density at radius 1 is 1.18 bits per heavy atom. The molecule has 3 rings (SSSR count). The van der Waals surface area contributed by atoms with Gasteiger partial charge < -0.3 is 9.64 Å². The first kappa shape index (κ1) is 20.9. The third-order valence-electron chi connectivity index (χ3n) is 4.50. The monoisotopic (exact) mass is 425 g/mol. The van der Waals surface area contributed by atoms with Gasteiger partial charge in [-0.3, -0.25) is 4.57 Å². The number of nitrogens with zero attached hydrogens (tertiary/aromatic N) is 4. The number of hydrogen-bond donors (Lipinski definition) is 1. The molecular formula is C18H27N5O3S2. The lowest BCUT2D eigenvalue weighted by Crippen LogP contribution is -2.31. The van der Waals surface area contributed by atoms with Gasteiger partial charge in [-0.15, -0.1) is 10.2 Å². The fraction of sp³-hybridized carbons (Fsp3) is 0.556. The molecule has 2 aromatic rings. The molecule has 1 aromatic heterocycles. The summed E-state index contributed by atoms with van der Waals surface area (Å²) in [6.07, 6.45) is 5.42. The van der Waals surface area contributed by atoms with Gasteiger partial charge in [0.05, 0.1) is 19.1 Å². The molecular weight excluding hydrogens is 398 g/mol. The summed E-state index contributed by atoms with van der Waals surface area (Å²) >= 11 is 1.57. The average Bonchev–Trinajstić information content (AvgIpc) is 3.11. The van der Waals surface area contributed by atoms with Crippen LogP contribution in [-0.2, 0) is 10.0 Å². The Bertz CT molecular complexity index is 879. The number of sulfonamides is 1. The third-order valence-corrected chi connectivity index (χ3v) is 6.24. The van der Waals surface area contributed by atoms with E-state index in [1.165, 1.54) is 12.7 Å². The summed E-state index contributed by atoms with van der Waals surface area (Å²) in [6.45, 7) is 2.35. The second-order valence-corrected chi connectivity index (χ2v) is 9.60. The fourth-order valence-electron chi connectivity index (χ4n) is 3.17. The van der Waals surface area contributed by atoms with Crippen molar-refractivity contribution in [3.05, 3.63) is 24.3 Å². The Kier molecular flexibility index (Phi) is 7.19. The smallest absolute Gasteiger partial charge is 0.232 e. The number of para-hydroxylation sites is 2. The van der Waals surface area contributed by atoms with Crippen molar-refractivity contribution in [2.75, 3.05) is 43.7 Å². The summed E-state index contributed by atoms with van der Waals surface area (Å²) in [5.74, 6) is 2.33. The van der Waals surface area contributed by atoms with E-state index in [0.717, 1.165) is 54.2 Å². The zero-order valence-electron chi connectivity index (χ0n) is 16.3. The molecule has 0 spiro atoms. The molecule has 2 heterocycles. The van der Waals surface area contributed by atoms with E-state index < -0.39 is 10.0 Å². The van der Waals surface area contributed by atoms with E-state index in [-0.39, 0.29) is 0 Å². The molecule has 1 aliphatic rings. The highest BCUT2D eigenvalue weighted by Crippen LogP contribution is 2.32. The van der Waals surface area contributed by atoms with E-state index in [1.807, 2.05) is 24.3 Å². The average molecular weight is 426 g/mol. The number of benzene rings is 1. The van der Waals surface area contributed by atoms with E-state index in [1.54, 1.807) is 18.9 Å². The van der Waals surface area contributed by atoms with Crippen molar-refractivity contribution < 1.29 is 13.2 Å². The number of thioether (sulfide) groups is 1. The molecule has 28 heavy (non-hydrogen) atoms. The van der Waals surface area contributed by atoms with Gasteiger partial charge in [0.25, 0.3) is 0 Å². The lowest BCUT2D eigenvalue weighted by atomic mass is 10.1. The highest BCUT2D eigenvalue weighted by Gasteiger charge is 2.23. The Morgan fingerprint density at radius 3 is 2.64 bits per heavy atom. The highest BCUT2D eigenvalue weighted by molar-refractivity contribution is 7.99.